The van der Waals surface area contributed by atoms with Gasteiger partial charge in [0.2, 0.25) is 5.91 Å². The topological polar surface area (TPSA) is 65.5 Å². The quantitative estimate of drug-likeness (QED) is 0.343. The first-order valence-corrected chi connectivity index (χ1v) is 7.88. The third-order valence-electron chi connectivity index (χ3n) is 2.64. The number of amides is 1. The first-order chi connectivity index (χ1) is 8.76. The molecule has 0 spiro atoms. The van der Waals surface area contributed by atoms with E-state index < -0.39 is 0 Å². The largest absolute Gasteiger partial charge is 0.356 e. The van der Waals surface area contributed by atoms with Crippen molar-refractivity contribution in [3.8, 4) is 0 Å². The van der Waals surface area contributed by atoms with Gasteiger partial charge in [-0.05, 0) is 25.5 Å². The SMILES string of the molecule is CN=C(NCCCC(=O)NC1CC1)NCCSC. The van der Waals surface area contributed by atoms with E-state index in [4.69, 9.17) is 0 Å². The van der Waals surface area contributed by atoms with Crippen LogP contribution in [0.4, 0.5) is 0 Å². The van der Waals surface area contributed by atoms with Gasteiger partial charge in [-0.2, -0.15) is 11.8 Å². The van der Waals surface area contributed by atoms with Gasteiger partial charge in [-0.15, -0.1) is 0 Å². The van der Waals surface area contributed by atoms with Crippen molar-refractivity contribution in [3.05, 3.63) is 0 Å². The molecule has 0 radical (unpaired) electrons. The van der Waals surface area contributed by atoms with Crippen LogP contribution in [-0.4, -0.2) is 50.1 Å². The highest BCUT2D eigenvalue weighted by atomic mass is 32.2. The Morgan fingerprint density at radius 3 is 2.67 bits per heavy atom. The summed E-state index contributed by atoms with van der Waals surface area (Å²) in [5, 5.41) is 9.40. The lowest BCUT2D eigenvalue weighted by Gasteiger charge is -2.11. The molecule has 18 heavy (non-hydrogen) atoms. The van der Waals surface area contributed by atoms with Gasteiger partial charge < -0.3 is 16.0 Å². The van der Waals surface area contributed by atoms with Crippen LogP contribution >= 0.6 is 11.8 Å². The summed E-state index contributed by atoms with van der Waals surface area (Å²) in [6.07, 6.45) is 5.80. The summed E-state index contributed by atoms with van der Waals surface area (Å²) < 4.78 is 0. The van der Waals surface area contributed by atoms with Crippen molar-refractivity contribution in [2.75, 3.05) is 32.1 Å². The fraction of sp³-hybridized carbons (Fsp3) is 0.833. The Morgan fingerprint density at radius 2 is 2.06 bits per heavy atom. The number of thioether (sulfide) groups is 1. The zero-order valence-corrected chi connectivity index (χ0v) is 12.1. The minimum atomic E-state index is 0.171. The summed E-state index contributed by atoms with van der Waals surface area (Å²) in [6.45, 7) is 1.68. The summed E-state index contributed by atoms with van der Waals surface area (Å²) in [6, 6.07) is 0.464. The molecule has 1 fully saturated rings. The molecule has 0 saturated heterocycles. The van der Waals surface area contributed by atoms with Crippen LogP contribution in [0.15, 0.2) is 4.99 Å². The Morgan fingerprint density at radius 1 is 1.33 bits per heavy atom. The molecule has 0 aromatic heterocycles. The highest BCUT2D eigenvalue weighted by Crippen LogP contribution is 2.18. The molecule has 0 unspecified atom stereocenters. The van der Waals surface area contributed by atoms with Crippen LogP contribution in [0, 0.1) is 0 Å². The molecular weight excluding hydrogens is 248 g/mol. The minimum Gasteiger partial charge on any atom is -0.356 e. The second-order valence-corrected chi connectivity index (χ2v) is 5.35. The second-order valence-electron chi connectivity index (χ2n) is 4.36. The third-order valence-corrected chi connectivity index (χ3v) is 3.25. The van der Waals surface area contributed by atoms with Crippen LogP contribution in [0.1, 0.15) is 25.7 Å². The second kappa shape index (κ2) is 9.08. The number of carbonyl (C=O) groups excluding carboxylic acids is 1. The maximum atomic E-state index is 11.4. The maximum absolute atomic E-state index is 11.4. The number of guanidine groups is 1. The van der Waals surface area contributed by atoms with Gasteiger partial charge in [-0.3, -0.25) is 9.79 Å². The molecule has 3 N–H and O–H groups in total. The van der Waals surface area contributed by atoms with E-state index >= 15 is 0 Å². The van der Waals surface area contributed by atoms with Gasteiger partial charge in [0.1, 0.15) is 0 Å². The normalized spacial score (nSPS) is 15.3. The molecular formula is C12H24N4OS. The van der Waals surface area contributed by atoms with E-state index in [1.807, 2.05) is 0 Å². The van der Waals surface area contributed by atoms with Gasteiger partial charge in [-0.25, -0.2) is 0 Å². The highest BCUT2D eigenvalue weighted by Gasteiger charge is 2.22. The molecule has 104 valence electrons. The minimum absolute atomic E-state index is 0.171. The summed E-state index contributed by atoms with van der Waals surface area (Å²) >= 11 is 1.80. The molecule has 0 heterocycles. The first kappa shape index (κ1) is 15.1. The van der Waals surface area contributed by atoms with Crippen LogP contribution in [0.3, 0.4) is 0 Å². The molecule has 1 amide bonds. The molecule has 0 bridgehead atoms. The lowest BCUT2D eigenvalue weighted by molar-refractivity contribution is -0.121. The number of carbonyl (C=O) groups is 1. The summed E-state index contributed by atoms with van der Waals surface area (Å²) in [4.78, 5) is 15.6. The molecule has 1 aliphatic rings. The molecule has 0 aromatic rings. The van der Waals surface area contributed by atoms with Gasteiger partial charge in [0, 0.05) is 38.4 Å². The predicted octanol–water partition coefficient (Wildman–Crippen LogP) is 0.573. The van der Waals surface area contributed by atoms with Crippen molar-refractivity contribution in [1.82, 2.24) is 16.0 Å². The number of nitrogens with zero attached hydrogens (tertiary/aromatic N) is 1. The molecule has 1 saturated carbocycles. The van der Waals surface area contributed by atoms with Crippen molar-refractivity contribution in [3.63, 3.8) is 0 Å². The number of rotatable bonds is 8. The van der Waals surface area contributed by atoms with E-state index in [1.54, 1.807) is 18.8 Å². The first-order valence-electron chi connectivity index (χ1n) is 6.49. The summed E-state index contributed by atoms with van der Waals surface area (Å²) in [5.74, 6) is 2.04. The van der Waals surface area contributed by atoms with E-state index in [0.717, 1.165) is 44.1 Å². The summed E-state index contributed by atoms with van der Waals surface area (Å²) in [7, 11) is 1.76. The monoisotopic (exact) mass is 272 g/mol. The van der Waals surface area contributed by atoms with Gasteiger partial charge in [0.05, 0.1) is 0 Å². The van der Waals surface area contributed by atoms with Crippen molar-refractivity contribution >= 4 is 23.6 Å². The Labute approximate surface area is 114 Å². The Bertz CT molecular complexity index is 279. The van der Waals surface area contributed by atoms with Gasteiger partial charge in [0.15, 0.2) is 5.96 Å². The van der Waals surface area contributed by atoms with Gasteiger partial charge >= 0.3 is 0 Å². The lowest BCUT2D eigenvalue weighted by atomic mass is 10.3. The molecule has 1 aliphatic carbocycles. The molecule has 0 atom stereocenters. The predicted molar refractivity (Wildman–Crippen MR) is 78.1 cm³/mol. The lowest BCUT2D eigenvalue weighted by Crippen LogP contribution is -2.39. The van der Waals surface area contributed by atoms with Gasteiger partial charge in [0.25, 0.3) is 0 Å². The summed E-state index contributed by atoms with van der Waals surface area (Å²) in [5.41, 5.74) is 0. The van der Waals surface area contributed by atoms with Gasteiger partial charge in [-0.1, -0.05) is 0 Å². The fourth-order valence-corrected chi connectivity index (χ4v) is 1.78. The van der Waals surface area contributed by atoms with Crippen molar-refractivity contribution < 1.29 is 4.79 Å². The molecule has 0 aliphatic heterocycles. The van der Waals surface area contributed by atoms with Crippen LogP contribution in [0.5, 0.6) is 0 Å². The van der Waals surface area contributed by atoms with Crippen LogP contribution in [0.2, 0.25) is 0 Å². The molecule has 5 nitrogen and oxygen atoms in total. The van der Waals surface area contributed by atoms with Crippen molar-refractivity contribution in [1.29, 1.82) is 0 Å². The average Bonchev–Trinajstić information content (AvgIpc) is 3.16. The van der Waals surface area contributed by atoms with Crippen LogP contribution < -0.4 is 16.0 Å². The molecule has 0 aromatic carbocycles. The average molecular weight is 272 g/mol. The standard InChI is InChI=1S/C12H24N4OS/c1-13-12(15-8-9-18-2)14-7-3-4-11(17)16-10-5-6-10/h10H,3-9H2,1-2H3,(H,16,17)(H2,13,14,15). The Kier molecular flexibility index (Phi) is 7.64. The van der Waals surface area contributed by atoms with E-state index in [9.17, 15) is 4.79 Å². The third kappa shape index (κ3) is 7.42. The maximum Gasteiger partial charge on any atom is 0.220 e. The molecule has 6 heteroatoms. The van der Waals surface area contributed by atoms with E-state index in [2.05, 4.69) is 27.2 Å². The van der Waals surface area contributed by atoms with E-state index in [0.29, 0.717) is 12.5 Å². The zero-order chi connectivity index (χ0) is 13.2. The van der Waals surface area contributed by atoms with Crippen molar-refractivity contribution in [2.24, 2.45) is 4.99 Å². The molecule has 1 rings (SSSR count). The highest BCUT2D eigenvalue weighted by molar-refractivity contribution is 7.98. The number of nitrogens with one attached hydrogen (secondary N) is 3. The van der Waals surface area contributed by atoms with E-state index in [-0.39, 0.29) is 5.91 Å². The Balaban J connectivity index is 1.98. The Hall–Kier alpha value is -0.910. The zero-order valence-electron chi connectivity index (χ0n) is 11.3. The number of hydrogen-bond acceptors (Lipinski definition) is 3. The number of aliphatic imine (C=N–C) groups is 1. The smallest absolute Gasteiger partial charge is 0.220 e. The van der Waals surface area contributed by atoms with Crippen LogP contribution in [-0.2, 0) is 4.79 Å². The van der Waals surface area contributed by atoms with Crippen molar-refractivity contribution in [2.45, 2.75) is 31.7 Å². The van der Waals surface area contributed by atoms with E-state index in [1.165, 1.54) is 0 Å². The number of hydrogen-bond donors (Lipinski definition) is 3. The fourth-order valence-electron chi connectivity index (χ4n) is 1.48. The van der Waals surface area contributed by atoms with Crippen LogP contribution in [0.25, 0.3) is 0 Å².